The molecule has 2 aromatic carbocycles. The molecular weight excluding hydrogens is 248 g/mol. The molecule has 0 saturated heterocycles. The van der Waals surface area contributed by atoms with E-state index in [1.54, 1.807) is 0 Å². The fourth-order valence-corrected chi connectivity index (χ4v) is 2.10. The Balaban J connectivity index is 2.04. The van der Waals surface area contributed by atoms with E-state index < -0.39 is 0 Å². The van der Waals surface area contributed by atoms with Crippen LogP contribution >= 0.6 is 0 Å². The third-order valence-corrected chi connectivity index (χ3v) is 3.05. The van der Waals surface area contributed by atoms with Crippen LogP contribution in [0.2, 0.25) is 0 Å². The van der Waals surface area contributed by atoms with E-state index in [0.29, 0.717) is 19.5 Å². The molecular formula is C17H20N2O. The van der Waals surface area contributed by atoms with Gasteiger partial charge in [0.25, 0.3) is 0 Å². The second-order valence-corrected chi connectivity index (χ2v) is 4.54. The zero-order chi connectivity index (χ0) is 14.2. The summed E-state index contributed by atoms with van der Waals surface area (Å²) in [5.41, 5.74) is 3.39. The predicted molar refractivity (Wildman–Crippen MR) is 83.7 cm³/mol. The van der Waals surface area contributed by atoms with Crippen LogP contribution < -0.4 is 10.6 Å². The molecule has 0 unspecified atom stereocenters. The SMILES string of the molecule is CCNC(=O)CCNc1ccccc1-c1ccccc1. The van der Waals surface area contributed by atoms with Crippen LogP contribution in [0.4, 0.5) is 5.69 Å². The molecule has 0 heterocycles. The minimum Gasteiger partial charge on any atom is -0.384 e. The number of hydrogen-bond donors (Lipinski definition) is 2. The van der Waals surface area contributed by atoms with E-state index in [0.717, 1.165) is 11.3 Å². The molecule has 0 atom stereocenters. The normalized spacial score (nSPS) is 10.1. The van der Waals surface area contributed by atoms with Gasteiger partial charge in [-0.05, 0) is 18.6 Å². The molecule has 0 fully saturated rings. The Morgan fingerprint density at radius 1 is 1.00 bits per heavy atom. The Morgan fingerprint density at radius 2 is 1.70 bits per heavy atom. The molecule has 0 saturated carbocycles. The predicted octanol–water partition coefficient (Wildman–Crippen LogP) is 3.29. The lowest BCUT2D eigenvalue weighted by atomic mass is 10.0. The standard InChI is InChI=1S/C17H20N2O/c1-2-18-17(20)12-13-19-16-11-7-6-10-15(16)14-8-4-3-5-9-14/h3-11,19H,2,12-13H2,1H3,(H,18,20). The summed E-state index contributed by atoms with van der Waals surface area (Å²) in [6.45, 7) is 3.24. The summed E-state index contributed by atoms with van der Waals surface area (Å²) >= 11 is 0. The third-order valence-electron chi connectivity index (χ3n) is 3.05. The topological polar surface area (TPSA) is 41.1 Å². The average molecular weight is 268 g/mol. The fraction of sp³-hybridized carbons (Fsp3) is 0.235. The second-order valence-electron chi connectivity index (χ2n) is 4.54. The van der Waals surface area contributed by atoms with Crippen LogP contribution in [0.5, 0.6) is 0 Å². The van der Waals surface area contributed by atoms with Crippen molar-refractivity contribution in [1.29, 1.82) is 0 Å². The zero-order valence-electron chi connectivity index (χ0n) is 11.7. The van der Waals surface area contributed by atoms with Crippen molar-refractivity contribution in [1.82, 2.24) is 5.32 Å². The Kier molecular flexibility index (Phi) is 5.18. The van der Waals surface area contributed by atoms with Crippen LogP contribution in [0.1, 0.15) is 13.3 Å². The van der Waals surface area contributed by atoms with E-state index >= 15 is 0 Å². The van der Waals surface area contributed by atoms with Crippen LogP contribution in [0.25, 0.3) is 11.1 Å². The molecule has 2 rings (SSSR count). The van der Waals surface area contributed by atoms with Crippen molar-refractivity contribution in [3.8, 4) is 11.1 Å². The van der Waals surface area contributed by atoms with E-state index in [1.165, 1.54) is 5.56 Å². The lowest BCUT2D eigenvalue weighted by Crippen LogP contribution is -2.24. The van der Waals surface area contributed by atoms with Gasteiger partial charge in [0, 0.05) is 30.8 Å². The van der Waals surface area contributed by atoms with Gasteiger partial charge >= 0.3 is 0 Å². The van der Waals surface area contributed by atoms with Gasteiger partial charge in [-0.2, -0.15) is 0 Å². The molecule has 0 spiro atoms. The van der Waals surface area contributed by atoms with Crippen LogP contribution in [0.15, 0.2) is 54.6 Å². The van der Waals surface area contributed by atoms with Crippen molar-refractivity contribution < 1.29 is 4.79 Å². The number of nitrogens with one attached hydrogen (secondary N) is 2. The van der Waals surface area contributed by atoms with Gasteiger partial charge in [-0.15, -0.1) is 0 Å². The lowest BCUT2D eigenvalue weighted by molar-refractivity contribution is -0.120. The minimum atomic E-state index is 0.0807. The maximum Gasteiger partial charge on any atom is 0.221 e. The first-order valence-electron chi connectivity index (χ1n) is 6.96. The Hall–Kier alpha value is -2.29. The van der Waals surface area contributed by atoms with Gasteiger partial charge in [-0.3, -0.25) is 4.79 Å². The van der Waals surface area contributed by atoms with Crippen molar-refractivity contribution in [3.05, 3.63) is 54.6 Å². The molecule has 0 radical (unpaired) electrons. The molecule has 0 aliphatic carbocycles. The molecule has 104 valence electrons. The second kappa shape index (κ2) is 7.34. The summed E-state index contributed by atoms with van der Waals surface area (Å²) in [5, 5.41) is 6.14. The van der Waals surface area contributed by atoms with Crippen LogP contribution in [-0.4, -0.2) is 19.0 Å². The van der Waals surface area contributed by atoms with Crippen LogP contribution in [-0.2, 0) is 4.79 Å². The van der Waals surface area contributed by atoms with Crippen molar-refractivity contribution in [3.63, 3.8) is 0 Å². The highest BCUT2D eigenvalue weighted by molar-refractivity contribution is 5.79. The maximum atomic E-state index is 11.4. The Labute approximate surface area is 120 Å². The highest BCUT2D eigenvalue weighted by atomic mass is 16.1. The summed E-state index contributed by atoms with van der Waals surface area (Å²) < 4.78 is 0. The number of hydrogen-bond acceptors (Lipinski definition) is 2. The summed E-state index contributed by atoms with van der Waals surface area (Å²) in [6, 6.07) is 18.4. The first kappa shape index (κ1) is 14.1. The van der Waals surface area contributed by atoms with Crippen LogP contribution in [0.3, 0.4) is 0 Å². The molecule has 3 nitrogen and oxygen atoms in total. The van der Waals surface area contributed by atoms with Gasteiger partial charge in [0.15, 0.2) is 0 Å². The van der Waals surface area contributed by atoms with Gasteiger partial charge in [0.2, 0.25) is 5.91 Å². The smallest absolute Gasteiger partial charge is 0.221 e. The molecule has 0 bridgehead atoms. The summed E-state index contributed by atoms with van der Waals surface area (Å²) in [6.07, 6.45) is 0.483. The molecule has 2 N–H and O–H groups in total. The first-order chi connectivity index (χ1) is 9.81. The van der Waals surface area contributed by atoms with Gasteiger partial charge in [-0.25, -0.2) is 0 Å². The van der Waals surface area contributed by atoms with E-state index in [4.69, 9.17) is 0 Å². The van der Waals surface area contributed by atoms with Crippen molar-refractivity contribution in [2.75, 3.05) is 18.4 Å². The molecule has 2 aromatic rings. The van der Waals surface area contributed by atoms with Gasteiger partial charge in [0.1, 0.15) is 0 Å². The summed E-state index contributed by atoms with van der Waals surface area (Å²) in [4.78, 5) is 11.4. The van der Waals surface area contributed by atoms with E-state index in [9.17, 15) is 4.79 Å². The quantitative estimate of drug-likeness (QED) is 0.844. The number of anilines is 1. The molecule has 3 heteroatoms. The largest absolute Gasteiger partial charge is 0.384 e. The van der Waals surface area contributed by atoms with Crippen molar-refractivity contribution in [2.24, 2.45) is 0 Å². The molecule has 20 heavy (non-hydrogen) atoms. The Morgan fingerprint density at radius 3 is 2.45 bits per heavy atom. The lowest BCUT2D eigenvalue weighted by Gasteiger charge is -2.12. The van der Waals surface area contributed by atoms with Gasteiger partial charge < -0.3 is 10.6 Å². The van der Waals surface area contributed by atoms with Crippen molar-refractivity contribution >= 4 is 11.6 Å². The van der Waals surface area contributed by atoms with Gasteiger partial charge in [0.05, 0.1) is 0 Å². The molecule has 0 aromatic heterocycles. The maximum absolute atomic E-state index is 11.4. The first-order valence-corrected chi connectivity index (χ1v) is 6.96. The summed E-state index contributed by atoms with van der Waals surface area (Å²) in [7, 11) is 0. The molecule has 0 aliphatic heterocycles. The van der Waals surface area contributed by atoms with Gasteiger partial charge in [-0.1, -0.05) is 48.5 Å². The van der Waals surface area contributed by atoms with E-state index in [1.807, 2.05) is 43.3 Å². The molecule has 1 amide bonds. The Bertz CT molecular complexity index is 552. The number of rotatable bonds is 6. The minimum absolute atomic E-state index is 0.0807. The number of carbonyl (C=O) groups is 1. The number of carbonyl (C=O) groups excluding carboxylic acids is 1. The fourth-order valence-electron chi connectivity index (χ4n) is 2.10. The van der Waals surface area contributed by atoms with E-state index in [-0.39, 0.29) is 5.91 Å². The van der Waals surface area contributed by atoms with Crippen molar-refractivity contribution in [2.45, 2.75) is 13.3 Å². The zero-order valence-corrected chi connectivity index (χ0v) is 11.7. The average Bonchev–Trinajstić information content (AvgIpc) is 2.49. The van der Waals surface area contributed by atoms with E-state index in [2.05, 4.69) is 28.8 Å². The number of benzene rings is 2. The molecule has 0 aliphatic rings. The highest BCUT2D eigenvalue weighted by Gasteiger charge is 2.04. The number of amides is 1. The highest BCUT2D eigenvalue weighted by Crippen LogP contribution is 2.27. The van der Waals surface area contributed by atoms with Crippen LogP contribution in [0, 0.1) is 0 Å². The third kappa shape index (κ3) is 3.85. The number of para-hydroxylation sites is 1. The monoisotopic (exact) mass is 268 g/mol. The summed E-state index contributed by atoms with van der Waals surface area (Å²) in [5.74, 6) is 0.0807.